The van der Waals surface area contributed by atoms with E-state index in [0.29, 0.717) is 50.9 Å². The highest BCUT2D eigenvalue weighted by Gasteiger charge is 2.35. The summed E-state index contributed by atoms with van der Waals surface area (Å²) in [6.45, 7) is 4.60. The molecule has 126 valence electrons. The number of hydrogen-bond acceptors (Lipinski definition) is 4. The van der Waals surface area contributed by atoms with Gasteiger partial charge in [-0.05, 0) is 36.6 Å². The van der Waals surface area contributed by atoms with E-state index in [4.69, 9.17) is 10.5 Å². The summed E-state index contributed by atoms with van der Waals surface area (Å²) >= 11 is 0. The molecule has 2 saturated heterocycles. The van der Waals surface area contributed by atoms with Crippen molar-refractivity contribution in [1.82, 2.24) is 9.80 Å². The van der Waals surface area contributed by atoms with E-state index in [1.165, 1.54) is 12.1 Å². The number of carbonyl (C=O) groups is 1. The Bertz CT molecular complexity index is 548. The maximum Gasteiger partial charge on any atom is 0.244 e. The number of likely N-dealkylation sites (tertiary alicyclic amines) is 1. The molecule has 23 heavy (non-hydrogen) atoms. The lowest BCUT2D eigenvalue weighted by Gasteiger charge is -2.36. The first-order valence-electron chi connectivity index (χ1n) is 8.25. The maximum absolute atomic E-state index is 13.7. The van der Waals surface area contributed by atoms with Gasteiger partial charge in [-0.25, -0.2) is 4.39 Å². The third kappa shape index (κ3) is 3.71. The average molecular weight is 321 g/mol. The Balaban J connectivity index is 1.84. The van der Waals surface area contributed by atoms with Gasteiger partial charge in [-0.15, -0.1) is 0 Å². The number of amides is 1. The molecule has 1 aromatic rings. The van der Waals surface area contributed by atoms with Gasteiger partial charge in [0.1, 0.15) is 11.9 Å². The Morgan fingerprint density at radius 3 is 2.78 bits per heavy atom. The highest BCUT2D eigenvalue weighted by molar-refractivity contribution is 5.83. The van der Waals surface area contributed by atoms with E-state index in [0.717, 1.165) is 13.0 Å². The molecule has 6 heteroatoms. The summed E-state index contributed by atoms with van der Waals surface area (Å²) < 4.78 is 19.1. The first-order chi connectivity index (χ1) is 11.2. The zero-order valence-corrected chi connectivity index (χ0v) is 13.3. The van der Waals surface area contributed by atoms with E-state index in [-0.39, 0.29) is 11.7 Å². The van der Waals surface area contributed by atoms with E-state index >= 15 is 0 Å². The molecule has 2 atom stereocenters. The summed E-state index contributed by atoms with van der Waals surface area (Å²) in [6, 6.07) is 5.93. The van der Waals surface area contributed by atoms with E-state index in [9.17, 15) is 9.18 Å². The normalized spacial score (nSPS) is 23.9. The van der Waals surface area contributed by atoms with Gasteiger partial charge in [0.25, 0.3) is 0 Å². The molecule has 0 unspecified atom stereocenters. The Labute approximate surface area is 136 Å². The summed E-state index contributed by atoms with van der Waals surface area (Å²) in [5, 5.41) is 0. The van der Waals surface area contributed by atoms with E-state index < -0.39 is 6.04 Å². The molecule has 0 spiro atoms. The number of carbonyl (C=O) groups excluding carboxylic acids is 1. The van der Waals surface area contributed by atoms with E-state index in [1.807, 2.05) is 11.0 Å². The monoisotopic (exact) mass is 321 g/mol. The molecule has 3 rings (SSSR count). The smallest absolute Gasteiger partial charge is 0.244 e. The number of morpholine rings is 1. The standard InChI is InChI=1S/C17H24FN3O2/c18-15-3-1-2-14(10-15)16(20-6-8-23-9-7-20)17(22)21-5-4-13(11-19)12-21/h1-3,10,13,16H,4-9,11-12,19H2/t13-,16-/m0/s1. The van der Waals surface area contributed by atoms with Crippen molar-refractivity contribution in [3.63, 3.8) is 0 Å². The number of rotatable bonds is 4. The summed E-state index contributed by atoms with van der Waals surface area (Å²) in [7, 11) is 0. The molecular weight excluding hydrogens is 297 g/mol. The molecule has 0 aliphatic carbocycles. The van der Waals surface area contributed by atoms with Crippen LogP contribution in [0, 0.1) is 11.7 Å². The fourth-order valence-corrected chi connectivity index (χ4v) is 3.42. The minimum atomic E-state index is -0.439. The molecule has 2 heterocycles. The second-order valence-electron chi connectivity index (χ2n) is 6.28. The largest absolute Gasteiger partial charge is 0.379 e. The highest BCUT2D eigenvalue weighted by Crippen LogP contribution is 2.27. The van der Waals surface area contributed by atoms with Gasteiger partial charge >= 0.3 is 0 Å². The molecule has 5 nitrogen and oxygen atoms in total. The van der Waals surface area contributed by atoms with Crippen molar-refractivity contribution in [2.45, 2.75) is 12.5 Å². The molecule has 2 N–H and O–H groups in total. The molecule has 0 bridgehead atoms. The van der Waals surface area contributed by atoms with Crippen LogP contribution in [0.5, 0.6) is 0 Å². The fourth-order valence-electron chi connectivity index (χ4n) is 3.42. The van der Waals surface area contributed by atoms with Crippen LogP contribution in [0.15, 0.2) is 24.3 Å². The molecule has 2 fully saturated rings. The predicted octanol–water partition coefficient (Wildman–Crippen LogP) is 1.01. The van der Waals surface area contributed by atoms with Crippen LogP contribution >= 0.6 is 0 Å². The lowest BCUT2D eigenvalue weighted by molar-refractivity contribution is -0.138. The van der Waals surface area contributed by atoms with Crippen molar-refractivity contribution in [3.05, 3.63) is 35.6 Å². The SMILES string of the molecule is NC[C@@H]1CCN(C(=O)[C@H](c2cccc(F)c2)N2CCOCC2)C1. The van der Waals surface area contributed by atoms with Crippen LogP contribution in [0.1, 0.15) is 18.0 Å². The highest BCUT2D eigenvalue weighted by atomic mass is 19.1. The van der Waals surface area contributed by atoms with Gasteiger partial charge in [-0.3, -0.25) is 9.69 Å². The van der Waals surface area contributed by atoms with Crippen LogP contribution < -0.4 is 5.73 Å². The molecule has 1 amide bonds. The lowest BCUT2D eigenvalue weighted by atomic mass is 10.0. The Hall–Kier alpha value is -1.50. The zero-order valence-electron chi connectivity index (χ0n) is 13.3. The van der Waals surface area contributed by atoms with Gasteiger partial charge in [0.15, 0.2) is 0 Å². The third-order valence-electron chi connectivity index (χ3n) is 4.74. The predicted molar refractivity (Wildman–Crippen MR) is 85.3 cm³/mol. The second kappa shape index (κ2) is 7.38. The van der Waals surface area contributed by atoms with Crippen molar-refractivity contribution in [2.75, 3.05) is 45.9 Å². The first-order valence-corrected chi connectivity index (χ1v) is 8.25. The van der Waals surface area contributed by atoms with Crippen LogP contribution in [-0.2, 0) is 9.53 Å². The Morgan fingerprint density at radius 1 is 1.35 bits per heavy atom. The van der Waals surface area contributed by atoms with Gasteiger partial charge in [-0.2, -0.15) is 0 Å². The number of nitrogens with two attached hydrogens (primary N) is 1. The Kier molecular flexibility index (Phi) is 5.25. The second-order valence-corrected chi connectivity index (χ2v) is 6.28. The van der Waals surface area contributed by atoms with Crippen molar-refractivity contribution in [1.29, 1.82) is 0 Å². The van der Waals surface area contributed by atoms with Gasteiger partial charge in [0, 0.05) is 26.2 Å². The molecule has 0 aromatic heterocycles. The van der Waals surface area contributed by atoms with E-state index in [2.05, 4.69) is 4.90 Å². The zero-order chi connectivity index (χ0) is 16.2. The van der Waals surface area contributed by atoms with Crippen LogP contribution in [0.25, 0.3) is 0 Å². The number of ether oxygens (including phenoxy) is 1. The topological polar surface area (TPSA) is 58.8 Å². The fraction of sp³-hybridized carbons (Fsp3) is 0.588. The molecule has 0 saturated carbocycles. The molecule has 2 aliphatic rings. The molecule has 0 radical (unpaired) electrons. The van der Waals surface area contributed by atoms with Gasteiger partial charge in [-0.1, -0.05) is 12.1 Å². The lowest BCUT2D eigenvalue weighted by Crippen LogP contribution is -2.46. The van der Waals surface area contributed by atoms with Gasteiger partial charge in [0.2, 0.25) is 5.91 Å². The molecular formula is C17H24FN3O2. The van der Waals surface area contributed by atoms with Gasteiger partial charge in [0.05, 0.1) is 13.2 Å². The van der Waals surface area contributed by atoms with E-state index in [1.54, 1.807) is 6.07 Å². The number of benzene rings is 1. The van der Waals surface area contributed by atoms with Crippen LogP contribution in [0.4, 0.5) is 4.39 Å². The molecule has 1 aromatic carbocycles. The molecule has 2 aliphatic heterocycles. The minimum Gasteiger partial charge on any atom is -0.379 e. The van der Waals surface area contributed by atoms with Crippen molar-refractivity contribution in [3.8, 4) is 0 Å². The van der Waals surface area contributed by atoms with Crippen LogP contribution in [-0.4, -0.2) is 61.6 Å². The summed E-state index contributed by atoms with van der Waals surface area (Å²) in [5.74, 6) is 0.111. The number of nitrogens with zero attached hydrogens (tertiary/aromatic N) is 2. The minimum absolute atomic E-state index is 0.0495. The maximum atomic E-state index is 13.7. The van der Waals surface area contributed by atoms with Crippen molar-refractivity contribution >= 4 is 5.91 Å². The van der Waals surface area contributed by atoms with Crippen LogP contribution in [0.2, 0.25) is 0 Å². The van der Waals surface area contributed by atoms with Gasteiger partial charge < -0.3 is 15.4 Å². The Morgan fingerprint density at radius 2 is 2.13 bits per heavy atom. The summed E-state index contributed by atoms with van der Waals surface area (Å²) in [6.07, 6.45) is 0.946. The quantitative estimate of drug-likeness (QED) is 0.899. The number of hydrogen-bond donors (Lipinski definition) is 1. The summed E-state index contributed by atoms with van der Waals surface area (Å²) in [4.78, 5) is 17.1. The van der Waals surface area contributed by atoms with Crippen molar-refractivity contribution in [2.24, 2.45) is 11.7 Å². The third-order valence-corrected chi connectivity index (χ3v) is 4.74. The first kappa shape index (κ1) is 16.4. The number of halogens is 1. The summed E-state index contributed by atoms with van der Waals surface area (Å²) in [5.41, 5.74) is 6.45. The van der Waals surface area contributed by atoms with Crippen LogP contribution in [0.3, 0.4) is 0 Å². The average Bonchev–Trinajstić information content (AvgIpc) is 3.05. The van der Waals surface area contributed by atoms with Crippen molar-refractivity contribution < 1.29 is 13.9 Å².